The van der Waals surface area contributed by atoms with Crippen molar-refractivity contribution < 1.29 is 4.79 Å². The first kappa shape index (κ1) is 18.4. The van der Waals surface area contributed by atoms with Crippen LogP contribution in [0, 0.1) is 0 Å². The van der Waals surface area contributed by atoms with Crippen LogP contribution < -0.4 is 5.32 Å². The van der Waals surface area contributed by atoms with Gasteiger partial charge in [0.2, 0.25) is 5.91 Å². The SMILES string of the molecule is CN(C)C(CNC(=O)CCCc1cccnc1)c1ccccc1Cl. The van der Waals surface area contributed by atoms with Crippen LogP contribution in [-0.2, 0) is 11.2 Å². The highest BCUT2D eigenvalue weighted by atomic mass is 35.5. The number of halogens is 1. The summed E-state index contributed by atoms with van der Waals surface area (Å²) < 4.78 is 0. The number of likely N-dealkylation sites (N-methyl/N-ethyl adjacent to an activating group) is 1. The molecule has 0 aliphatic rings. The van der Waals surface area contributed by atoms with Gasteiger partial charge in [-0.05, 0) is 50.2 Å². The van der Waals surface area contributed by atoms with Gasteiger partial charge in [-0.15, -0.1) is 0 Å². The molecule has 0 aliphatic heterocycles. The molecule has 0 bridgehead atoms. The quantitative estimate of drug-likeness (QED) is 0.796. The third-order valence-corrected chi connectivity index (χ3v) is 4.32. The van der Waals surface area contributed by atoms with Crippen molar-refractivity contribution in [1.82, 2.24) is 15.2 Å². The highest BCUT2D eigenvalue weighted by Crippen LogP contribution is 2.25. The number of carbonyl (C=O) groups is 1. The second-order valence-electron chi connectivity index (χ2n) is 6.02. The van der Waals surface area contributed by atoms with E-state index in [0.29, 0.717) is 13.0 Å². The predicted molar refractivity (Wildman–Crippen MR) is 98.1 cm³/mol. The van der Waals surface area contributed by atoms with Crippen molar-refractivity contribution in [3.05, 3.63) is 64.9 Å². The molecule has 1 aromatic heterocycles. The molecule has 1 N–H and O–H groups in total. The second-order valence-corrected chi connectivity index (χ2v) is 6.43. The van der Waals surface area contributed by atoms with Crippen LogP contribution in [0.5, 0.6) is 0 Å². The number of nitrogens with one attached hydrogen (secondary N) is 1. The maximum atomic E-state index is 12.1. The second kappa shape index (κ2) is 9.40. The summed E-state index contributed by atoms with van der Waals surface area (Å²) in [5.74, 6) is 0.0674. The van der Waals surface area contributed by atoms with E-state index in [1.807, 2.05) is 56.7 Å². The number of aromatic nitrogens is 1. The van der Waals surface area contributed by atoms with Gasteiger partial charge in [0, 0.05) is 30.4 Å². The van der Waals surface area contributed by atoms with E-state index in [1.54, 1.807) is 6.20 Å². The first-order valence-electron chi connectivity index (χ1n) is 8.14. The van der Waals surface area contributed by atoms with Gasteiger partial charge in [0.1, 0.15) is 0 Å². The summed E-state index contributed by atoms with van der Waals surface area (Å²) >= 11 is 6.28. The van der Waals surface area contributed by atoms with Crippen LogP contribution in [0.4, 0.5) is 0 Å². The van der Waals surface area contributed by atoms with Crippen LogP contribution >= 0.6 is 11.6 Å². The largest absolute Gasteiger partial charge is 0.354 e. The Morgan fingerprint density at radius 2 is 2.04 bits per heavy atom. The lowest BCUT2D eigenvalue weighted by Gasteiger charge is -2.26. The summed E-state index contributed by atoms with van der Waals surface area (Å²) in [4.78, 5) is 18.2. The molecule has 1 atom stereocenters. The van der Waals surface area contributed by atoms with Crippen molar-refractivity contribution in [1.29, 1.82) is 0 Å². The van der Waals surface area contributed by atoms with Gasteiger partial charge >= 0.3 is 0 Å². The van der Waals surface area contributed by atoms with E-state index in [-0.39, 0.29) is 11.9 Å². The van der Waals surface area contributed by atoms with Crippen molar-refractivity contribution in [2.24, 2.45) is 0 Å². The minimum absolute atomic E-state index is 0.0565. The van der Waals surface area contributed by atoms with Crippen molar-refractivity contribution in [2.45, 2.75) is 25.3 Å². The lowest BCUT2D eigenvalue weighted by atomic mass is 10.1. The van der Waals surface area contributed by atoms with E-state index >= 15 is 0 Å². The lowest BCUT2D eigenvalue weighted by molar-refractivity contribution is -0.121. The van der Waals surface area contributed by atoms with Crippen LogP contribution in [0.3, 0.4) is 0 Å². The van der Waals surface area contributed by atoms with Gasteiger partial charge in [-0.1, -0.05) is 35.9 Å². The fourth-order valence-corrected chi connectivity index (χ4v) is 2.88. The highest BCUT2D eigenvalue weighted by molar-refractivity contribution is 6.31. The van der Waals surface area contributed by atoms with Gasteiger partial charge in [-0.3, -0.25) is 9.78 Å². The number of pyridine rings is 1. The Hall–Kier alpha value is -1.91. The summed E-state index contributed by atoms with van der Waals surface area (Å²) in [6.07, 6.45) is 5.79. The number of rotatable bonds is 8. The van der Waals surface area contributed by atoms with Crippen molar-refractivity contribution in [2.75, 3.05) is 20.6 Å². The van der Waals surface area contributed by atoms with Crippen molar-refractivity contribution >= 4 is 17.5 Å². The van der Waals surface area contributed by atoms with Gasteiger partial charge in [0.25, 0.3) is 0 Å². The molecule has 0 radical (unpaired) electrons. The molecule has 0 fully saturated rings. The van der Waals surface area contributed by atoms with E-state index in [0.717, 1.165) is 29.0 Å². The maximum Gasteiger partial charge on any atom is 0.220 e. The van der Waals surface area contributed by atoms with Crippen LogP contribution in [0.2, 0.25) is 5.02 Å². The summed E-state index contributed by atoms with van der Waals surface area (Å²) in [5, 5.41) is 3.75. The minimum atomic E-state index is 0.0565. The Bertz CT molecular complexity index is 646. The Morgan fingerprint density at radius 1 is 1.25 bits per heavy atom. The van der Waals surface area contributed by atoms with Crippen molar-refractivity contribution in [3.63, 3.8) is 0 Å². The van der Waals surface area contributed by atoms with Gasteiger partial charge in [-0.2, -0.15) is 0 Å². The molecular weight excluding hydrogens is 322 g/mol. The molecular formula is C19H24ClN3O. The van der Waals surface area contributed by atoms with Crippen molar-refractivity contribution in [3.8, 4) is 0 Å². The molecule has 1 unspecified atom stereocenters. The number of carbonyl (C=O) groups excluding carboxylic acids is 1. The molecule has 0 aliphatic carbocycles. The molecule has 1 amide bonds. The zero-order valence-corrected chi connectivity index (χ0v) is 15.0. The molecule has 5 heteroatoms. The Morgan fingerprint density at radius 3 is 2.71 bits per heavy atom. The van der Waals surface area contributed by atoms with Crippen LogP contribution in [0.1, 0.15) is 30.0 Å². The Balaban J connectivity index is 1.81. The Labute approximate surface area is 148 Å². The molecule has 0 saturated carbocycles. The number of hydrogen-bond acceptors (Lipinski definition) is 3. The topological polar surface area (TPSA) is 45.2 Å². The van der Waals surface area contributed by atoms with E-state index in [1.165, 1.54) is 0 Å². The fraction of sp³-hybridized carbons (Fsp3) is 0.368. The highest BCUT2D eigenvalue weighted by Gasteiger charge is 2.17. The molecule has 4 nitrogen and oxygen atoms in total. The smallest absolute Gasteiger partial charge is 0.220 e. The molecule has 1 heterocycles. The molecule has 0 spiro atoms. The average Bonchev–Trinajstić information content (AvgIpc) is 2.57. The first-order valence-corrected chi connectivity index (χ1v) is 8.52. The third-order valence-electron chi connectivity index (χ3n) is 3.97. The first-order chi connectivity index (χ1) is 11.6. The molecule has 128 valence electrons. The normalized spacial score (nSPS) is 12.2. The molecule has 2 rings (SSSR count). The van der Waals surface area contributed by atoms with Crippen LogP contribution in [0.25, 0.3) is 0 Å². The summed E-state index contributed by atoms with van der Waals surface area (Å²) in [7, 11) is 3.98. The van der Waals surface area contributed by atoms with E-state index in [2.05, 4.69) is 15.2 Å². The van der Waals surface area contributed by atoms with Crippen LogP contribution in [-0.4, -0.2) is 36.4 Å². The van der Waals surface area contributed by atoms with Gasteiger partial charge in [0.15, 0.2) is 0 Å². The lowest BCUT2D eigenvalue weighted by Crippen LogP contribution is -2.34. The third kappa shape index (κ3) is 5.62. The number of amides is 1. The monoisotopic (exact) mass is 345 g/mol. The number of hydrogen-bond donors (Lipinski definition) is 1. The standard InChI is InChI=1S/C19H24ClN3O/c1-23(2)18(16-9-3-4-10-17(16)20)14-22-19(24)11-5-7-15-8-6-12-21-13-15/h3-4,6,8-10,12-13,18H,5,7,11,14H2,1-2H3,(H,22,24). The molecule has 0 saturated heterocycles. The molecule has 1 aromatic carbocycles. The number of nitrogens with zero attached hydrogens (tertiary/aromatic N) is 2. The molecule has 2 aromatic rings. The van der Waals surface area contributed by atoms with E-state index < -0.39 is 0 Å². The summed E-state index contributed by atoms with van der Waals surface area (Å²) in [6.45, 7) is 0.544. The summed E-state index contributed by atoms with van der Waals surface area (Å²) in [5.41, 5.74) is 2.19. The minimum Gasteiger partial charge on any atom is -0.354 e. The van der Waals surface area contributed by atoms with Gasteiger partial charge < -0.3 is 10.2 Å². The number of benzene rings is 1. The predicted octanol–water partition coefficient (Wildman–Crippen LogP) is 3.48. The zero-order chi connectivity index (χ0) is 17.4. The van der Waals surface area contributed by atoms with Crippen LogP contribution in [0.15, 0.2) is 48.8 Å². The molecule has 24 heavy (non-hydrogen) atoms. The van der Waals surface area contributed by atoms with Gasteiger partial charge in [-0.25, -0.2) is 0 Å². The number of aryl methyl sites for hydroxylation is 1. The summed E-state index contributed by atoms with van der Waals surface area (Å²) in [6, 6.07) is 11.8. The Kier molecular flexibility index (Phi) is 7.22. The van der Waals surface area contributed by atoms with E-state index in [9.17, 15) is 4.79 Å². The maximum absolute atomic E-state index is 12.1. The van der Waals surface area contributed by atoms with Gasteiger partial charge in [0.05, 0.1) is 6.04 Å². The van der Waals surface area contributed by atoms with E-state index in [4.69, 9.17) is 11.6 Å². The fourth-order valence-electron chi connectivity index (χ4n) is 2.61. The average molecular weight is 346 g/mol. The zero-order valence-electron chi connectivity index (χ0n) is 14.2.